The van der Waals surface area contributed by atoms with Gasteiger partial charge in [-0.2, -0.15) is 5.10 Å². The number of rotatable bonds is 5. The fraction of sp³-hybridized carbons (Fsp3) is 0.263. The second-order valence-electron chi connectivity index (χ2n) is 5.78. The van der Waals surface area contributed by atoms with Gasteiger partial charge in [0, 0.05) is 16.2 Å². The van der Waals surface area contributed by atoms with Crippen molar-refractivity contribution in [2.45, 2.75) is 19.8 Å². The van der Waals surface area contributed by atoms with E-state index >= 15 is 0 Å². The van der Waals surface area contributed by atoms with Gasteiger partial charge in [0.05, 0.1) is 32.0 Å². The molecule has 140 valence electrons. The smallest absolute Gasteiger partial charge is 0.341 e. The van der Waals surface area contributed by atoms with Crippen LogP contribution in [-0.2, 0) is 27.1 Å². The van der Waals surface area contributed by atoms with Gasteiger partial charge in [0.2, 0.25) is 0 Å². The molecule has 0 fully saturated rings. The number of esters is 2. The summed E-state index contributed by atoms with van der Waals surface area (Å²) in [5.74, 6) is -1.06. The molecule has 2 aromatic heterocycles. The molecule has 0 radical (unpaired) electrons. The van der Waals surface area contributed by atoms with Gasteiger partial charge in [0.1, 0.15) is 5.56 Å². The summed E-state index contributed by atoms with van der Waals surface area (Å²) in [4.78, 5) is 28.5. The first-order valence-electron chi connectivity index (χ1n) is 8.30. The molecule has 7 nitrogen and oxygen atoms in total. The first-order valence-corrected chi connectivity index (χ1v) is 9.10. The van der Waals surface area contributed by atoms with Gasteiger partial charge in [0.15, 0.2) is 5.65 Å². The molecule has 27 heavy (non-hydrogen) atoms. The summed E-state index contributed by atoms with van der Waals surface area (Å²) in [6.07, 6.45) is 1.97. The second-order valence-corrected chi connectivity index (χ2v) is 6.70. The number of aromatic nitrogens is 3. The van der Waals surface area contributed by atoms with Crippen LogP contribution in [0.3, 0.4) is 0 Å². The molecular weight excluding hydrogens is 414 g/mol. The van der Waals surface area contributed by atoms with Crippen molar-refractivity contribution in [2.24, 2.45) is 0 Å². The molecule has 0 bridgehead atoms. The number of aryl methyl sites for hydroxylation is 1. The van der Waals surface area contributed by atoms with Gasteiger partial charge in [-0.1, -0.05) is 35.0 Å². The van der Waals surface area contributed by atoms with E-state index < -0.39 is 11.9 Å². The lowest BCUT2D eigenvalue weighted by Crippen LogP contribution is -2.16. The normalized spacial score (nSPS) is 10.8. The van der Waals surface area contributed by atoms with Crippen molar-refractivity contribution < 1.29 is 19.1 Å². The van der Waals surface area contributed by atoms with Gasteiger partial charge >= 0.3 is 11.9 Å². The van der Waals surface area contributed by atoms with Gasteiger partial charge in [-0.15, -0.1) is 0 Å². The molecular formula is C19H18BrN3O4. The maximum Gasteiger partial charge on any atom is 0.341 e. The zero-order chi connectivity index (χ0) is 19.6. The highest BCUT2D eigenvalue weighted by molar-refractivity contribution is 9.10. The number of carbonyl (C=O) groups is 2. The number of hydrogen-bond donors (Lipinski definition) is 0. The highest BCUT2D eigenvalue weighted by Crippen LogP contribution is 2.30. The lowest BCUT2D eigenvalue weighted by Gasteiger charge is -2.09. The van der Waals surface area contributed by atoms with Crippen molar-refractivity contribution in [3.8, 4) is 11.1 Å². The van der Waals surface area contributed by atoms with Gasteiger partial charge in [0.25, 0.3) is 0 Å². The molecule has 2 heterocycles. The second kappa shape index (κ2) is 7.87. The number of hydrogen-bond acceptors (Lipinski definition) is 6. The minimum atomic E-state index is -0.581. The topological polar surface area (TPSA) is 82.8 Å². The van der Waals surface area contributed by atoms with Gasteiger partial charge < -0.3 is 9.47 Å². The molecule has 0 saturated heterocycles. The van der Waals surface area contributed by atoms with Crippen LogP contribution in [0, 0.1) is 0 Å². The number of ether oxygens (including phenoxy) is 2. The number of benzene rings is 1. The molecule has 0 amide bonds. The van der Waals surface area contributed by atoms with Gasteiger partial charge in [-0.05, 0) is 24.1 Å². The Morgan fingerprint density at radius 1 is 1.15 bits per heavy atom. The predicted octanol–water partition coefficient (Wildman–Crippen LogP) is 3.22. The average molecular weight is 432 g/mol. The molecule has 0 spiro atoms. The van der Waals surface area contributed by atoms with Crippen molar-refractivity contribution in [3.05, 3.63) is 51.9 Å². The van der Waals surface area contributed by atoms with Crippen LogP contribution in [0.15, 0.2) is 34.9 Å². The number of halogens is 1. The summed E-state index contributed by atoms with van der Waals surface area (Å²) in [5, 5.41) is 4.62. The Morgan fingerprint density at radius 3 is 2.44 bits per heavy atom. The summed E-state index contributed by atoms with van der Waals surface area (Å²) in [6, 6.07) is 7.82. The number of carbonyl (C=O) groups excluding carboxylic acids is 2. The third kappa shape index (κ3) is 3.57. The van der Waals surface area contributed by atoms with Crippen molar-refractivity contribution in [2.75, 3.05) is 14.2 Å². The minimum Gasteiger partial charge on any atom is -0.469 e. The van der Waals surface area contributed by atoms with E-state index in [-0.39, 0.29) is 12.0 Å². The third-order valence-corrected chi connectivity index (χ3v) is 4.76. The predicted molar refractivity (Wildman–Crippen MR) is 103 cm³/mol. The molecule has 1 aromatic carbocycles. The van der Waals surface area contributed by atoms with Crippen molar-refractivity contribution in [1.82, 2.24) is 14.6 Å². The Labute approximate surface area is 164 Å². The highest BCUT2D eigenvalue weighted by atomic mass is 79.9. The summed E-state index contributed by atoms with van der Waals surface area (Å²) in [5.41, 5.74) is 3.78. The Kier molecular flexibility index (Phi) is 5.55. The van der Waals surface area contributed by atoms with E-state index in [1.54, 1.807) is 4.52 Å². The van der Waals surface area contributed by atoms with Crippen molar-refractivity contribution >= 4 is 33.5 Å². The van der Waals surface area contributed by atoms with Crippen LogP contribution in [0.4, 0.5) is 0 Å². The molecule has 8 heteroatoms. The molecule has 3 aromatic rings. The first kappa shape index (κ1) is 19.0. The SMILES string of the molecule is CCc1nn2c(CC(=O)OC)c(C(=O)OC)cnc2c1-c1ccc(Br)cc1. The molecule has 0 N–H and O–H groups in total. The van der Waals surface area contributed by atoms with Gasteiger partial charge in [-0.3, -0.25) is 4.79 Å². The summed E-state index contributed by atoms with van der Waals surface area (Å²) < 4.78 is 12.1. The molecule has 0 atom stereocenters. The van der Waals surface area contributed by atoms with E-state index in [9.17, 15) is 9.59 Å². The van der Waals surface area contributed by atoms with E-state index in [0.717, 1.165) is 21.3 Å². The molecule has 3 rings (SSSR count). The zero-order valence-electron chi connectivity index (χ0n) is 15.2. The van der Waals surface area contributed by atoms with Crippen molar-refractivity contribution in [1.29, 1.82) is 0 Å². The van der Waals surface area contributed by atoms with E-state index in [4.69, 9.17) is 9.47 Å². The van der Waals surface area contributed by atoms with E-state index in [2.05, 4.69) is 26.0 Å². The minimum absolute atomic E-state index is 0.120. The number of fused-ring (bicyclic) bond motifs is 1. The molecule has 0 aliphatic rings. The monoisotopic (exact) mass is 431 g/mol. The van der Waals surface area contributed by atoms with Crippen LogP contribution in [0.25, 0.3) is 16.8 Å². The van der Waals surface area contributed by atoms with Crippen molar-refractivity contribution in [3.63, 3.8) is 0 Å². The number of nitrogens with zero attached hydrogens (tertiary/aromatic N) is 3. The maximum atomic E-state index is 12.2. The van der Waals surface area contributed by atoms with E-state index in [1.165, 1.54) is 20.4 Å². The average Bonchev–Trinajstić information content (AvgIpc) is 3.07. The zero-order valence-corrected chi connectivity index (χ0v) is 16.7. The fourth-order valence-corrected chi connectivity index (χ4v) is 3.16. The molecule has 0 aliphatic heterocycles. The Bertz CT molecular complexity index is 1010. The highest BCUT2D eigenvalue weighted by Gasteiger charge is 2.23. The summed E-state index contributed by atoms with van der Waals surface area (Å²) in [7, 11) is 2.58. The first-order chi connectivity index (χ1) is 13.0. The van der Waals surface area contributed by atoms with Crippen LogP contribution in [0.5, 0.6) is 0 Å². The van der Waals surface area contributed by atoms with Gasteiger partial charge in [-0.25, -0.2) is 14.3 Å². The van der Waals surface area contributed by atoms with E-state index in [1.807, 2.05) is 31.2 Å². The van der Waals surface area contributed by atoms with Crippen LogP contribution in [0.1, 0.15) is 28.7 Å². The Hall–Kier alpha value is -2.74. The summed E-state index contributed by atoms with van der Waals surface area (Å²) >= 11 is 3.43. The molecule has 0 aliphatic carbocycles. The van der Waals surface area contributed by atoms with Crippen LogP contribution in [-0.4, -0.2) is 40.8 Å². The van der Waals surface area contributed by atoms with Crippen LogP contribution < -0.4 is 0 Å². The quantitative estimate of drug-likeness (QED) is 0.576. The fourth-order valence-electron chi connectivity index (χ4n) is 2.89. The standard InChI is InChI=1S/C19H18BrN3O4/c1-4-14-17(11-5-7-12(20)8-6-11)18-21-10-13(19(25)27-3)15(23(18)22-14)9-16(24)26-2/h5-8,10H,4,9H2,1-3H3. The third-order valence-electron chi connectivity index (χ3n) is 4.23. The Balaban J connectivity index is 2.30. The Morgan fingerprint density at radius 2 is 1.85 bits per heavy atom. The molecule has 0 unspecified atom stereocenters. The lowest BCUT2D eigenvalue weighted by molar-refractivity contribution is -0.139. The van der Waals surface area contributed by atoms with Crippen LogP contribution in [0.2, 0.25) is 0 Å². The number of methoxy groups -OCH3 is 2. The summed E-state index contributed by atoms with van der Waals surface area (Å²) in [6.45, 7) is 1.99. The largest absolute Gasteiger partial charge is 0.469 e. The molecule has 0 saturated carbocycles. The van der Waals surface area contributed by atoms with Crippen LogP contribution >= 0.6 is 15.9 Å². The van der Waals surface area contributed by atoms with E-state index in [0.29, 0.717) is 17.8 Å². The maximum absolute atomic E-state index is 12.2. The lowest BCUT2D eigenvalue weighted by atomic mass is 10.0.